The van der Waals surface area contributed by atoms with Crippen molar-refractivity contribution in [1.82, 2.24) is 15.1 Å². The summed E-state index contributed by atoms with van der Waals surface area (Å²) >= 11 is 1.94. The number of carbonyl (C=O) groups excluding carboxylic acids is 1. The van der Waals surface area contributed by atoms with E-state index in [1.54, 1.807) is 7.05 Å². The van der Waals surface area contributed by atoms with E-state index in [0.29, 0.717) is 17.3 Å². The summed E-state index contributed by atoms with van der Waals surface area (Å²) in [6.07, 6.45) is 2.70. The maximum Gasteiger partial charge on any atom is 0.256 e. The highest BCUT2D eigenvalue weighted by Crippen LogP contribution is 2.22. The molecule has 1 amide bonds. The fourth-order valence-electron chi connectivity index (χ4n) is 1.70. The number of aromatic nitrogens is 2. The molecule has 16 heavy (non-hydrogen) atoms. The highest BCUT2D eigenvalue weighted by Gasteiger charge is 2.18. The van der Waals surface area contributed by atoms with E-state index < -0.39 is 0 Å². The smallest absolute Gasteiger partial charge is 0.256 e. The molecule has 5 nitrogen and oxygen atoms in total. The van der Waals surface area contributed by atoms with Gasteiger partial charge in [0.05, 0.1) is 6.20 Å². The van der Waals surface area contributed by atoms with Crippen LogP contribution in [-0.4, -0.2) is 33.7 Å². The van der Waals surface area contributed by atoms with Crippen LogP contribution >= 0.6 is 11.8 Å². The van der Waals surface area contributed by atoms with Crippen LogP contribution in [0.3, 0.4) is 0 Å². The summed E-state index contributed by atoms with van der Waals surface area (Å²) in [5, 5.41) is 6.85. The van der Waals surface area contributed by atoms with Crippen LogP contribution in [0.2, 0.25) is 0 Å². The highest BCUT2D eigenvalue weighted by atomic mass is 32.2. The summed E-state index contributed by atoms with van der Waals surface area (Å²) < 4.78 is 1.50. The van der Waals surface area contributed by atoms with Gasteiger partial charge in [-0.15, -0.1) is 0 Å². The number of aryl methyl sites for hydroxylation is 1. The number of amides is 1. The van der Waals surface area contributed by atoms with Gasteiger partial charge in [0.1, 0.15) is 11.4 Å². The predicted octanol–water partition coefficient (Wildman–Crippen LogP) is 0.485. The van der Waals surface area contributed by atoms with Gasteiger partial charge in [0.25, 0.3) is 5.91 Å². The zero-order chi connectivity index (χ0) is 11.5. The summed E-state index contributed by atoms with van der Waals surface area (Å²) in [6.45, 7) is 0.736. The molecule has 0 saturated carbocycles. The molecule has 88 valence electrons. The molecule has 1 atom stereocenters. The fourth-order valence-corrected chi connectivity index (χ4v) is 2.98. The van der Waals surface area contributed by atoms with Crippen molar-refractivity contribution >= 4 is 23.5 Å². The van der Waals surface area contributed by atoms with E-state index in [-0.39, 0.29) is 5.91 Å². The van der Waals surface area contributed by atoms with Gasteiger partial charge < -0.3 is 11.1 Å². The Morgan fingerprint density at radius 1 is 1.81 bits per heavy atom. The number of nitrogens with zero attached hydrogens (tertiary/aromatic N) is 2. The van der Waals surface area contributed by atoms with Crippen molar-refractivity contribution in [2.24, 2.45) is 13.0 Å². The number of hydrogen-bond acceptors (Lipinski definition) is 4. The number of anilines is 1. The number of carbonyl (C=O) groups is 1. The van der Waals surface area contributed by atoms with Crippen molar-refractivity contribution in [1.29, 1.82) is 0 Å². The molecule has 6 heteroatoms. The third-order valence-corrected chi connectivity index (χ3v) is 4.04. The summed E-state index contributed by atoms with van der Waals surface area (Å²) in [7, 11) is 1.72. The van der Waals surface area contributed by atoms with Crippen molar-refractivity contribution in [3.8, 4) is 0 Å². The fraction of sp³-hybridized carbons (Fsp3) is 0.600. The molecular formula is C10H16N4OS. The molecule has 0 radical (unpaired) electrons. The van der Waals surface area contributed by atoms with Crippen molar-refractivity contribution in [3.05, 3.63) is 11.8 Å². The zero-order valence-corrected chi connectivity index (χ0v) is 10.1. The lowest BCUT2D eigenvalue weighted by Crippen LogP contribution is -2.29. The van der Waals surface area contributed by atoms with Crippen LogP contribution in [0.5, 0.6) is 0 Å². The first-order valence-electron chi connectivity index (χ1n) is 5.32. The van der Waals surface area contributed by atoms with Crippen LogP contribution in [-0.2, 0) is 7.05 Å². The molecule has 1 saturated heterocycles. The van der Waals surface area contributed by atoms with Crippen molar-refractivity contribution in [3.63, 3.8) is 0 Å². The summed E-state index contributed by atoms with van der Waals surface area (Å²) in [4.78, 5) is 11.8. The number of nitrogens with two attached hydrogens (primary N) is 1. The van der Waals surface area contributed by atoms with Gasteiger partial charge in [0.2, 0.25) is 0 Å². The van der Waals surface area contributed by atoms with Crippen molar-refractivity contribution in [2.45, 2.75) is 6.42 Å². The number of hydrogen-bond donors (Lipinski definition) is 2. The first-order valence-corrected chi connectivity index (χ1v) is 6.47. The van der Waals surface area contributed by atoms with Crippen LogP contribution in [0, 0.1) is 5.92 Å². The van der Waals surface area contributed by atoms with Gasteiger partial charge in [-0.05, 0) is 23.8 Å². The Morgan fingerprint density at radius 2 is 2.62 bits per heavy atom. The number of rotatable bonds is 3. The molecule has 1 aromatic rings. The summed E-state index contributed by atoms with van der Waals surface area (Å²) in [6, 6.07) is 0. The number of nitrogen functional groups attached to an aromatic ring is 1. The van der Waals surface area contributed by atoms with Gasteiger partial charge in [-0.3, -0.25) is 9.48 Å². The Balaban J connectivity index is 1.90. The Morgan fingerprint density at radius 3 is 3.19 bits per heavy atom. The van der Waals surface area contributed by atoms with E-state index in [2.05, 4.69) is 10.4 Å². The predicted molar refractivity (Wildman–Crippen MR) is 65.4 cm³/mol. The molecule has 1 aromatic heterocycles. The first-order chi connectivity index (χ1) is 7.68. The molecule has 2 rings (SSSR count). The molecule has 2 heterocycles. The molecule has 3 N–H and O–H groups in total. The Kier molecular flexibility index (Phi) is 3.38. The van der Waals surface area contributed by atoms with Gasteiger partial charge >= 0.3 is 0 Å². The number of nitrogens with one attached hydrogen (secondary N) is 1. The molecule has 1 aliphatic rings. The first kappa shape index (κ1) is 11.3. The maximum absolute atomic E-state index is 11.8. The lowest BCUT2D eigenvalue weighted by atomic mass is 10.1. The van der Waals surface area contributed by atoms with Crippen molar-refractivity contribution in [2.75, 3.05) is 23.8 Å². The third kappa shape index (κ3) is 2.32. The van der Waals surface area contributed by atoms with Gasteiger partial charge in [-0.2, -0.15) is 16.9 Å². The van der Waals surface area contributed by atoms with Crippen LogP contribution < -0.4 is 11.1 Å². The van der Waals surface area contributed by atoms with Gasteiger partial charge in [-0.1, -0.05) is 0 Å². The molecule has 0 spiro atoms. The minimum absolute atomic E-state index is 0.123. The van der Waals surface area contributed by atoms with E-state index in [9.17, 15) is 4.79 Å². The Labute approximate surface area is 98.8 Å². The minimum atomic E-state index is -0.123. The second-order valence-corrected chi connectivity index (χ2v) is 5.16. The molecule has 1 fully saturated rings. The quantitative estimate of drug-likeness (QED) is 0.806. The highest BCUT2D eigenvalue weighted by molar-refractivity contribution is 7.99. The van der Waals surface area contributed by atoms with Crippen molar-refractivity contribution < 1.29 is 4.79 Å². The normalized spacial score (nSPS) is 19.9. The van der Waals surface area contributed by atoms with E-state index in [1.807, 2.05) is 11.8 Å². The molecule has 0 aromatic carbocycles. The van der Waals surface area contributed by atoms with Gasteiger partial charge in [0.15, 0.2) is 0 Å². The second-order valence-electron chi connectivity index (χ2n) is 4.01. The number of thioether (sulfide) groups is 1. The minimum Gasteiger partial charge on any atom is -0.383 e. The van der Waals surface area contributed by atoms with Crippen LogP contribution in [0.15, 0.2) is 6.20 Å². The van der Waals surface area contributed by atoms with Crippen LogP contribution in [0.1, 0.15) is 16.8 Å². The second kappa shape index (κ2) is 4.78. The van der Waals surface area contributed by atoms with Crippen LogP contribution in [0.4, 0.5) is 5.82 Å². The average Bonchev–Trinajstić information content (AvgIpc) is 2.88. The summed E-state index contributed by atoms with van der Waals surface area (Å²) in [5.41, 5.74) is 6.19. The van der Waals surface area contributed by atoms with E-state index >= 15 is 0 Å². The topological polar surface area (TPSA) is 72.9 Å². The van der Waals surface area contributed by atoms with Gasteiger partial charge in [-0.25, -0.2) is 0 Å². The molecular weight excluding hydrogens is 224 g/mol. The largest absolute Gasteiger partial charge is 0.383 e. The molecule has 0 aliphatic carbocycles. The lowest BCUT2D eigenvalue weighted by molar-refractivity contribution is 0.0949. The Bertz CT molecular complexity index is 384. The Hall–Kier alpha value is -1.17. The van der Waals surface area contributed by atoms with Crippen LogP contribution in [0.25, 0.3) is 0 Å². The third-order valence-electron chi connectivity index (χ3n) is 2.80. The van der Waals surface area contributed by atoms with E-state index in [4.69, 9.17) is 5.73 Å². The summed E-state index contributed by atoms with van der Waals surface area (Å²) in [5.74, 6) is 3.24. The maximum atomic E-state index is 11.8. The molecule has 0 bridgehead atoms. The van der Waals surface area contributed by atoms with Gasteiger partial charge in [0, 0.05) is 13.6 Å². The molecule has 1 unspecified atom stereocenters. The monoisotopic (exact) mass is 240 g/mol. The SMILES string of the molecule is Cn1ncc(C(=O)NCC2CCSC2)c1N. The average molecular weight is 240 g/mol. The zero-order valence-electron chi connectivity index (χ0n) is 9.27. The molecule has 1 aliphatic heterocycles. The lowest BCUT2D eigenvalue weighted by Gasteiger charge is -2.09. The van der Waals surface area contributed by atoms with E-state index in [0.717, 1.165) is 12.3 Å². The van der Waals surface area contributed by atoms with E-state index in [1.165, 1.54) is 23.1 Å². The standard InChI is InChI=1S/C10H16N4OS/c1-14-9(11)8(5-13-14)10(15)12-4-7-2-3-16-6-7/h5,7H,2-4,6,11H2,1H3,(H,12,15).